The Hall–Kier alpha value is -2.56. The lowest BCUT2D eigenvalue weighted by atomic mass is 9.93. The predicted molar refractivity (Wildman–Crippen MR) is 84.7 cm³/mol. The molecule has 1 heterocycles. The summed E-state index contributed by atoms with van der Waals surface area (Å²) in [5, 5.41) is 12.8. The molecule has 1 atom stereocenters. The number of fused-ring (bicyclic) bond motifs is 1. The van der Waals surface area contributed by atoms with E-state index < -0.39 is 5.97 Å². The van der Waals surface area contributed by atoms with Crippen molar-refractivity contribution >= 4 is 28.5 Å². The van der Waals surface area contributed by atoms with Crippen molar-refractivity contribution in [3.8, 4) is 0 Å². The molecule has 0 spiro atoms. The van der Waals surface area contributed by atoms with Crippen LogP contribution in [0.5, 0.6) is 0 Å². The van der Waals surface area contributed by atoms with Gasteiger partial charge in [0, 0.05) is 28.7 Å². The molecule has 5 heteroatoms. The Bertz CT molecular complexity index is 745. The second-order valence-electron chi connectivity index (χ2n) is 5.58. The van der Waals surface area contributed by atoms with Crippen LogP contribution >= 0.6 is 0 Å². The van der Waals surface area contributed by atoms with Gasteiger partial charge in [0.1, 0.15) is 6.54 Å². The Morgan fingerprint density at radius 2 is 2.14 bits per heavy atom. The van der Waals surface area contributed by atoms with E-state index in [1.54, 1.807) is 10.8 Å². The van der Waals surface area contributed by atoms with Crippen molar-refractivity contribution in [3.63, 3.8) is 0 Å². The van der Waals surface area contributed by atoms with Crippen LogP contribution in [0, 0.1) is 5.92 Å². The van der Waals surface area contributed by atoms with Crippen LogP contribution < -0.4 is 5.32 Å². The van der Waals surface area contributed by atoms with Gasteiger partial charge in [0.05, 0.1) is 0 Å². The molecular formula is C17H18N2O3. The summed E-state index contributed by atoms with van der Waals surface area (Å²) in [5.74, 6) is -0.786. The number of carbonyl (C=O) groups excluding carboxylic acids is 1. The zero-order chi connectivity index (χ0) is 15.5. The van der Waals surface area contributed by atoms with Crippen LogP contribution in [-0.2, 0) is 16.1 Å². The third-order valence-corrected chi connectivity index (χ3v) is 3.98. The van der Waals surface area contributed by atoms with Crippen LogP contribution in [0.25, 0.3) is 10.9 Å². The minimum Gasteiger partial charge on any atom is -0.480 e. The van der Waals surface area contributed by atoms with Crippen LogP contribution in [-0.4, -0.2) is 21.6 Å². The van der Waals surface area contributed by atoms with Crippen LogP contribution in [0.15, 0.2) is 42.6 Å². The van der Waals surface area contributed by atoms with Crippen LogP contribution in [0.3, 0.4) is 0 Å². The lowest BCUT2D eigenvalue weighted by Crippen LogP contribution is -2.23. The summed E-state index contributed by atoms with van der Waals surface area (Å²) >= 11 is 0. The van der Waals surface area contributed by atoms with Crippen LogP contribution in [0.1, 0.15) is 19.3 Å². The highest BCUT2D eigenvalue weighted by Crippen LogP contribution is 2.23. The van der Waals surface area contributed by atoms with Gasteiger partial charge in [-0.3, -0.25) is 9.59 Å². The minimum atomic E-state index is -0.875. The molecule has 1 aliphatic carbocycles. The molecule has 0 saturated heterocycles. The third kappa shape index (κ3) is 3.03. The van der Waals surface area contributed by atoms with E-state index in [-0.39, 0.29) is 18.4 Å². The van der Waals surface area contributed by atoms with E-state index in [2.05, 4.69) is 17.5 Å². The van der Waals surface area contributed by atoms with Crippen molar-refractivity contribution in [1.29, 1.82) is 0 Å². The normalized spacial score (nSPS) is 17.5. The Labute approximate surface area is 128 Å². The molecule has 2 N–H and O–H groups in total. The summed E-state index contributed by atoms with van der Waals surface area (Å²) in [6.45, 7) is -0.0659. The molecule has 2 aromatic rings. The molecule has 1 aromatic carbocycles. The van der Waals surface area contributed by atoms with Crippen molar-refractivity contribution in [1.82, 2.24) is 4.57 Å². The number of rotatable bonds is 4. The number of carboxylic acid groups (broad SMARTS) is 1. The summed E-state index contributed by atoms with van der Waals surface area (Å²) in [6.07, 6.45) is 8.55. The summed E-state index contributed by atoms with van der Waals surface area (Å²) in [7, 11) is 0. The average molecular weight is 298 g/mol. The number of anilines is 1. The van der Waals surface area contributed by atoms with Gasteiger partial charge in [0.25, 0.3) is 0 Å². The summed E-state index contributed by atoms with van der Waals surface area (Å²) in [5.41, 5.74) is 1.60. The maximum Gasteiger partial charge on any atom is 0.323 e. The first-order valence-corrected chi connectivity index (χ1v) is 7.40. The quantitative estimate of drug-likeness (QED) is 0.852. The number of hydrogen-bond acceptors (Lipinski definition) is 2. The molecule has 1 aliphatic rings. The van der Waals surface area contributed by atoms with E-state index in [0.29, 0.717) is 0 Å². The van der Waals surface area contributed by atoms with Gasteiger partial charge in [0.15, 0.2) is 0 Å². The summed E-state index contributed by atoms with van der Waals surface area (Å²) in [4.78, 5) is 23.0. The molecule has 114 valence electrons. The monoisotopic (exact) mass is 298 g/mol. The Morgan fingerprint density at radius 1 is 1.27 bits per heavy atom. The number of carbonyl (C=O) groups is 2. The van der Waals surface area contributed by atoms with E-state index in [1.165, 1.54) is 0 Å². The smallest absolute Gasteiger partial charge is 0.323 e. The first-order chi connectivity index (χ1) is 10.6. The number of nitrogens with zero attached hydrogens (tertiary/aromatic N) is 1. The molecule has 1 unspecified atom stereocenters. The number of aliphatic carboxylic acids is 1. The van der Waals surface area contributed by atoms with Crippen molar-refractivity contribution in [2.45, 2.75) is 25.8 Å². The molecule has 0 fully saturated rings. The number of aromatic nitrogens is 1. The molecule has 3 rings (SSSR count). The lowest BCUT2D eigenvalue weighted by molar-refractivity contribution is -0.137. The Balaban J connectivity index is 1.76. The molecule has 22 heavy (non-hydrogen) atoms. The molecule has 0 saturated carbocycles. The van der Waals surface area contributed by atoms with E-state index in [4.69, 9.17) is 5.11 Å². The second kappa shape index (κ2) is 6.05. The maximum atomic E-state index is 12.2. The summed E-state index contributed by atoms with van der Waals surface area (Å²) in [6, 6.07) is 7.40. The zero-order valence-corrected chi connectivity index (χ0v) is 12.2. The fourth-order valence-corrected chi connectivity index (χ4v) is 2.84. The predicted octanol–water partition coefficient (Wildman–Crippen LogP) is 3.02. The third-order valence-electron chi connectivity index (χ3n) is 3.98. The zero-order valence-electron chi connectivity index (χ0n) is 12.2. The standard InChI is InChI=1S/C17H18N2O3/c20-16(21)11-19-9-8-13-10-14(6-7-15(13)19)18-17(22)12-4-2-1-3-5-12/h1-2,6-10,12H,3-5,11H2,(H,18,22)(H,20,21). The molecule has 5 nitrogen and oxygen atoms in total. The SMILES string of the molecule is O=C(O)Cn1ccc2cc(NC(=O)C3CC=CCC3)ccc21. The maximum absolute atomic E-state index is 12.2. The van der Waals surface area contributed by atoms with Gasteiger partial charge in [-0.05, 0) is 43.5 Å². The Kier molecular flexibility index (Phi) is 3.96. The number of amides is 1. The van der Waals surface area contributed by atoms with Crippen molar-refractivity contribution in [3.05, 3.63) is 42.6 Å². The Morgan fingerprint density at radius 3 is 2.86 bits per heavy atom. The topological polar surface area (TPSA) is 71.3 Å². The first-order valence-electron chi connectivity index (χ1n) is 7.40. The first kappa shape index (κ1) is 14.4. The molecule has 0 aliphatic heterocycles. The van der Waals surface area contributed by atoms with Gasteiger partial charge in [-0.25, -0.2) is 0 Å². The van der Waals surface area contributed by atoms with E-state index in [9.17, 15) is 9.59 Å². The fraction of sp³-hybridized carbons (Fsp3) is 0.294. The van der Waals surface area contributed by atoms with Gasteiger partial charge in [-0.2, -0.15) is 0 Å². The molecule has 1 aromatic heterocycles. The molecule has 1 amide bonds. The van der Waals surface area contributed by atoms with Crippen molar-refractivity contribution in [2.24, 2.45) is 5.92 Å². The van der Waals surface area contributed by atoms with E-state index in [0.717, 1.165) is 35.9 Å². The number of carboxylic acids is 1. The highest BCUT2D eigenvalue weighted by atomic mass is 16.4. The van der Waals surface area contributed by atoms with Crippen LogP contribution in [0.4, 0.5) is 5.69 Å². The molecule has 0 radical (unpaired) electrons. The van der Waals surface area contributed by atoms with E-state index >= 15 is 0 Å². The number of nitrogens with one attached hydrogen (secondary N) is 1. The summed E-state index contributed by atoms with van der Waals surface area (Å²) < 4.78 is 1.68. The van der Waals surface area contributed by atoms with Crippen molar-refractivity contribution < 1.29 is 14.7 Å². The fourth-order valence-electron chi connectivity index (χ4n) is 2.84. The number of hydrogen-bond donors (Lipinski definition) is 2. The highest BCUT2D eigenvalue weighted by Gasteiger charge is 2.18. The highest BCUT2D eigenvalue weighted by molar-refractivity contribution is 5.95. The van der Waals surface area contributed by atoms with Crippen molar-refractivity contribution in [2.75, 3.05) is 5.32 Å². The van der Waals surface area contributed by atoms with Gasteiger partial charge in [-0.1, -0.05) is 12.2 Å². The van der Waals surface area contributed by atoms with Crippen LogP contribution in [0.2, 0.25) is 0 Å². The molecule has 0 bridgehead atoms. The lowest BCUT2D eigenvalue weighted by Gasteiger charge is -2.17. The number of allylic oxidation sites excluding steroid dienone is 2. The second-order valence-corrected chi connectivity index (χ2v) is 5.58. The van der Waals surface area contributed by atoms with Gasteiger partial charge >= 0.3 is 5.97 Å². The average Bonchev–Trinajstić information content (AvgIpc) is 2.90. The number of benzene rings is 1. The van der Waals surface area contributed by atoms with Gasteiger partial charge < -0.3 is 15.0 Å². The van der Waals surface area contributed by atoms with Gasteiger partial charge in [-0.15, -0.1) is 0 Å². The largest absolute Gasteiger partial charge is 0.480 e. The minimum absolute atomic E-state index is 0.0392. The van der Waals surface area contributed by atoms with E-state index in [1.807, 2.05) is 24.3 Å². The molecular weight excluding hydrogens is 280 g/mol. The van der Waals surface area contributed by atoms with Gasteiger partial charge in [0.2, 0.25) is 5.91 Å².